The number of aryl methyl sites for hydroxylation is 1. The molecule has 3 nitrogen and oxygen atoms in total. The molecule has 0 amide bonds. The zero-order valence-corrected chi connectivity index (χ0v) is 12.6. The van der Waals surface area contributed by atoms with Gasteiger partial charge in [-0.15, -0.1) is 0 Å². The molecule has 3 heteroatoms. The number of hydrogen-bond acceptors (Lipinski definition) is 3. The van der Waals surface area contributed by atoms with Gasteiger partial charge in [-0.2, -0.15) is 0 Å². The summed E-state index contributed by atoms with van der Waals surface area (Å²) in [7, 11) is 0. The van der Waals surface area contributed by atoms with Crippen LogP contribution in [-0.4, -0.2) is 24.1 Å². The summed E-state index contributed by atoms with van der Waals surface area (Å²) in [5, 5.41) is 3.56. The Labute approximate surface area is 117 Å². The molecule has 1 aliphatic rings. The molecule has 0 radical (unpaired) electrons. The minimum absolute atomic E-state index is 0.760. The van der Waals surface area contributed by atoms with Crippen LogP contribution in [0.1, 0.15) is 50.8 Å². The Bertz CT molecular complexity index is 393. The summed E-state index contributed by atoms with van der Waals surface area (Å²) < 4.78 is 0. The highest BCUT2D eigenvalue weighted by Gasteiger charge is 2.20. The third kappa shape index (κ3) is 4.20. The number of nitrogens with one attached hydrogen (secondary N) is 1. The lowest BCUT2D eigenvalue weighted by Gasteiger charge is -2.23. The van der Waals surface area contributed by atoms with Gasteiger partial charge in [0, 0.05) is 31.4 Å². The molecule has 0 bridgehead atoms. The smallest absolute Gasteiger partial charge is 0.128 e. The lowest BCUT2D eigenvalue weighted by molar-refractivity contribution is 0.680. The average molecular weight is 261 g/mol. The first-order valence-electron chi connectivity index (χ1n) is 7.69. The number of aromatic nitrogens is 1. The van der Waals surface area contributed by atoms with Crippen molar-refractivity contribution in [3.63, 3.8) is 0 Å². The van der Waals surface area contributed by atoms with E-state index in [4.69, 9.17) is 4.98 Å². The molecule has 0 atom stereocenters. The van der Waals surface area contributed by atoms with Crippen molar-refractivity contribution in [2.24, 2.45) is 0 Å². The molecule has 1 aliphatic carbocycles. The summed E-state index contributed by atoms with van der Waals surface area (Å²) >= 11 is 0. The van der Waals surface area contributed by atoms with Gasteiger partial charge in [0.15, 0.2) is 0 Å². The molecular formula is C16H27N3. The first-order valence-corrected chi connectivity index (χ1v) is 7.69. The van der Waals surface area contributed by atoms with E-state index in [2.05, 4.69) is 43.1 Å². The van der Waals surface area contributed by atoms with Crippen LogP contribution < -0.4 is 10.2 Å². The molecular weight excluding hydrogens is 234 g/mol. The van der Waals surface area contributed by atoms with Gasteiger partial charge in [-0.25, -0.2) is 4.98 Å². The molecule has 19 heavy (non-hydrogen) atoms. The Balaban J connectivity index is 2.02. The largest absolute Gasteiger partial charge is 0.357 e. The average Bonchev–Trinajstić information content (AvgIpc) is 3.21. The monoisotopic (exact) mass is 261 g/mol. The van der Waals surface area contributed by atoms with Crippen molar-refractivity contribution >= 4 is 5.82 Å². The van der Waals surface area contributed by atoms with E-state index in [0.29, 0.717) is 0 Å². The van der Waals surface area contributed by atoms with E-state index < -0.39 is 0 Å². The molecule has 0 spiro atoms. The molecule has 0 aromatic carbocycles. The van der Waals surface area contributed by atoms with Gasteiger partial charge < -0.3 is 10.2 Å². The number of rotatable bonds is 8. The van der Waals surface area contributed by atoms with Crippen LogP contribution >= 0.6 is 0 Å². The molecule has 106 valence electrons. The van der Waals surface area contributed by atoms with Gasteiger partial charge in [0.1, 0.15) is 5.82 Å². The maximum Gasteiger partial charge on any atom is 0.128 e. The van der Waals surface area contributed by atoms with E-state index in [1.807, 2.05) is 0 Å². The van der Waals surface area contributed by atoms with Crippen molar-refractivity contribution in [2.75, 3.05) is 18.0 Å². The number of nitrogens with zero attached hydrogens (tertiary/aromatic N) is 2. The number of pyridine rings is 1. The molecule has 1 aromatic rings. The Morgan fingerprint density at radius 3 is 2.42 bits per heavy atom. The zero-order chi connectivity index (χ0) is 13.7. The highest BCUT2D eigenvalue weighted by Crippen LogP contribution is 2.20. The zero-order valence-electron chi connectivity index (χ0n) is 12.6. The first kappa shape index (κ1) is 14.3. The lowest BCUT2D eigenvalue weighted by atomic mass is 10.2. The van der Waals surface area contributed by atoms with Gasteiger partial charge in [-0.05, 0) is 44.2 Å². The molecule has 1 heterocycles. The Kier molecular flexibility index (Phi) is 5.20. The van der Waals surface area contributed by atoms with Crippen LogP contribution in [0.25, 0.3) is 0 Å². The predicted molar refractivity (Wildman–Crippen MR) is 81.6 cm³/mol. The molecule has 1 N–H and O–H groups in total. The number of hydrogen-bond donors (Lipinski definition) is 1. The molecule has 1 aromatic heterocycles. The van der Waals surface area contributed by atoms with E-state index in [9.17, 15) is 0 Å². The highest BCUT2D eigenvalue weighted by molar-refractivity contribution is 5.41. The third-order valence-electron chi connectivity index (χ3n) is 3.65. The van der Waals surface area contributed by atoms with Crippen LogP contribution in [0.2, 0.25) is 0 Å². The summed E-state index contributed by atoms with van der Waals surface area (Å²) in [6, 6.07) is 5.18. The van der Waals surface area contributed by atoms with Gasteiger partial charge in [0.05, 0.1) is 0 Å². The van der Waals surface area contributed by atoms with E-state index in [0.717, 1.165) is 31.5 Å². The van der Waals surface area contributed by atoms with Crippen molar-refractivity contribution in [1.29, 1.82) is 0 Å². The minimum atomic E-state index is 0.760. The highest BCUT2D eigenvalue weighted by atomic mass is 15.2. The Morgan fingerprint density at radius 1 is 1.21 bits per heavy atom. The fourth-order valence-corrected chi connectivity index (χ4v) is 2.36. The van der Waals surface area contributed by atoms with Gasteiger partial charge in [-0.3, -0.25) is 0 Å². The minimum Gasteiger partial charge on any atom is -0.357 e. The summed E-state index contributed by atoms with van der Waals surface area (Å²) in [5.41, 5.74) is 2.51. The maximum absolute atomic E-state index is 4.79. The van der Waals surface area contributed by atoms with Gasteiger partial charge in [0.25, 0.3) is 0 Å². The number of anilines is 1. The third-order valence-corrected chi connectivity index (χ3v) is 3.65. The summed E-state index contributed by atoms with van der Waals surface area (Å²) in [6.45, 7) is 9.74. The topological polar surface area (TPSA) is 28.2 Å². The quantitative estimate of drug-likeness (QED) is 0.778. The fraction of sp³-hybridized carbons (Fsp3) is 0.688. The van der Waals surface area contributed by atoms with Crippen LogP contribution in [0.4, 0.5) is 5.82 Å². The molecule has 1 saturated carbocycles. The normalized spacial score (nSPS) is 14.7. The van der Waals surface area contributed by atoms with E-state index in [1.165, 1.54) is 36.9 Å². The van der Waals surface area contributed by atoms with Crippen molar-refractivity contribution in [3.8, 4) is 0 Å². The van der Waals surface area contributed by atoms with Crippen LogP contribution in [0.3, 0.4) is 0 Å². The second-order valence-electron chi connectivity index (χ2n) is 5.56. The Hall–Kier alpha value is -1.09. The van der Waals surface area contributed by atoms with Gasteiger partial charge >= 0.3 is 0 Å². The summed E-state index contributed by atoms with van der Waals surface area (Å²) in [4.78, 5) is 7.19. The van der Waals surface area contributed by atoms with Crippen LogP contribution in [-0.2, 0) is 6.54 Å². The van der Waals surface area contributed by atoms with Crippen molar-refractivity contribution in [3.05, 3.63) is 23.4 Å². The molecule has 2 rings (SSSR count). The molecule has 1 fully saturated rings. The van der Waals surface area contributed by atoms with E-state index in [-0.39, 0.29) is 0 Å². The van der Waals surface area contributed by atoms with Gasteiger partial charge in [0.2, 0.25) is 0 Å². The SMILES string of the molecule is CCCN(CCC)c1ccc(CNC2CC2)c(C)n1. The lowest BCUT2D eigenvalue weighted by Crippen LogP contribution is -2.26. The molecule has 0 unspecified atom stereocenters. The second-order valence-corrected chi connectivity index (χ2v) is 5.56. The van der Waals surface area contributed by atoms with Gasteiger partial charge in [-0.1, -0.05) is 19.9 Å². The van der Waals surface area contributed by atoms with Crippen molar-refractivity contribution in [1.82, 2.24) is 10.3 Å². The molecule has 0 saturated heterocycles. The second kappa shape index (κ2) is 6.90. The Morgan fingerprint density at radius 2 is 1.89 bits per heavy atom. The fourth-order valence-electron chi connectivity index (χ4n) is 2.36. The molecule has 0 aliphatic heterocycles. The van der Waals surface area contributed by atoms with Crippen LogP contribution in [0.5, 0.6) is 0 Å². The van der Waals surface area contributed by atoms with Crippen LogP contribution in [0, 0.1) is 6.92 Å². The predicted octanol–water partition coefficient (Wildman–Crippen LogP) is 3.27. The maximum atomic E-state index is 4.79. The summed E-state index contributed by atoms with van der Waals surface area (Å²) in [5.74, 6) is 1.14. The van der Waals surface area contributed by atoms with Crippen molar-refractivity contribution in [2.45, 2.75) is 59.0 Å². The van der Waals surface area contributed by atoms with Crippen LogP contribution in [0.15, 0.2) is 12.1 Å². The first-order chi connectivity index (χ1) is 9.24. The standard InChI is InChI=1S/C16H27N3/c1-4-10-19(11-5-2)16-9-6-14(13(3)18-16)12-17-15-7-8-15/h6,9,15,17H,4-5,7-8,10-12H2,1-3H3. The van der Waals surface area contributed by atoms with E-state index in [1.54, 1.807) is 0 Å². The van der Waals surface area contributed by atoms with Crippen molar-refractivity contribution < 1.29 is 0 Å². The summed E-state index contributed by atoms with van der Waals surface area (Å²) in [6.07, 6.45) is 5.02. The van der Waals surface area contributed by atoms with E-state index >= 15 is 0 Å².